The number of hydrogen-bond donors (Lipinski definition) is 2. The number of anilines is 1. The van der Waals surface area contributed by atoms with Gasteiger partial charge in [0.15, 0.2) is 17.7 Å². The molecule has 7 nitrogen and oxygen atoms in total. The lowest BCUT2D eigenvalue weighted by molar-refractivity contribution is -0.200. The van der Waals surface area contributed by atoms with Gasteiger partial charge in [0.05, 0.1) is 12.2 Å². The average molecular weight is 629 g/mol. The van der Waals surface area contributed by atoms with Gasteiger partial charge in [-0.15, -0.1) is 0 Å². The van der Waals surface area contributed by atoms with Crippen LogP contribution in [0.4, 0.5) is 5.69 Å². The van der Waals surface area contributed by atoms with Crippen molar-refractivity contribution in [3.8, 4) is 5.75 Å². The van der Waals surface area contributed by atoms with E-state index in [0.29, 0.717) is 12.2 Å². The number of Topliss-reactive ketones (excluding diaryl/α,β-unsaturated/α-hetero) is 1. The third kappa shape index (κ3) is 5.62. The molecule has 2 N–H and O–H groups in total. The molecule has 0 spiro atoms. The Morgan fingerprint density at radius 2 is 1.98 bits per heavy atom. The molecule has 4 fully saturated rings. The minimum Gasteiger partial charge on any atom is -0.486 e. The summed E-state index contributed by atoms with van der Waals surface area (Å²) < 4.78 is 19.5. The number of ether oxygens (including phenoxy) is 3. The Morgan fingerprint density at radius 3 is 2.70 bits per heavy atom. The second-order valence-electron chi connectivity index (χ2n) is 16.0. The predicted octanol–water partition coefficient (Wildman–Crippen LogP) is 5.53. The summed E-state index contributed by atoms with van der Waals surface area (Å²) in [5.41, 5.74) is 0.00706. The molecule has 1 aliphatic heterocycles. The average Bonchev–Trinajstić information content (AvgIpc) is 3.50. The van der Waals surface area contributed by atoms with Crippen molar-refractivity contribution in [2.45, 2.75) is 122 Å². The molecule has 1 unspecified atom stereocenters. The minimum atomic E-state index is -1.18. The predicted molar refractivity (Wildman–Crippen MR) is 185 cm³/mol. The van der Waals surface area contributed by atoms with Crippen molar-refractivity contribution in [2.24, 2.45) is 28.6 Å². The SMILES string of the molecule is BC(C)(BNc1ccc(OCC(=O)[C@@]23O[C@H](CCC)O[C@@H]2C[C@H]2[C@@H]4CCC5=CC(=O)C=C[C@]5(C)[C@H]4[C@@H](O)C[C@@]23C)cc1)CCCC. The van der Waals surface area contributed by atoms with Crippen molar-refractivity contribution in [3.05, 3.63) is 48.1 Å². The molecule has 6 rings (SSSR count). The molecular weight excluding hydrogens is 576 g/mol. The number of rotatable bonds is 12. The monoisotopic (exact) mass is 629 g/mol. The van der Waals surface area contributed by atoms with Crippen LogP contribution in [0.15, 0.2) is 48.1 Å². The van der Waals surface area contributed by atoms with Gasteiger partial charge in [-0.05, 0) is 80.4 Å². The summed E-state index contributed by atoms with van der Waals surface area (Å²) in [5, 5.41) is 15.7. The first-order valence-corrected chi connectivity index (χ1v) is 17.8. The van der Waals surface area contributed by atoms with Gasteiger partial charge in [-0.2, -0.15) is 0 Å². The maximum absolute atomic E-state index is 14.5. The summed E-state index contributed by atoms with van der Waals surface area (Å²) in [6.07, 6.45) is 12.1. The summed E-state index contributed by atoms with van der Waals surface area (Å²) in [6, 6.07) is 7.85. The fraction of sp³-hybridized carbons (Fsp3) is 0.676. The lowest BCUT2D eigenvalue weighted by Crippen LogP contribution is -2.63. The smallest absolute Gasteiger partial charge is 0.230 e. The largest absolute Gasteiger partial charge is 0.486 e. The zero-order valence-corrected chi connectivity index (χ0v) is 28.8. The highest BCUT2D eigenvalue weighted by Gasteiger charge is 2.75. The van der Waals surface area contributed by atoms with Crippen LogP contribution in [-0.4, -0.2) is 62.6 Å². The number of unbranched alkanes of at least 4 members (excludes halogenated alkanes) is 1. The number of carbonyl (C=O) groups excluding carboxylic acids is 2. The lowest BCUT2D eigenvalue weighted by Gasteiger charge is -2.59. The zero-order valence-electron chi connectivity index (χ0n) is 28.8. The van der Waals surface area contributed by atoms with Crippen LogP contribution in [0.5, 0.6) is 5.75 Å². The topological polar surface area (TPSA) is 94.1 Å². The highest BCUT2D eigenvalue weighted by atomic mass is 16.7. The van der Waals surface area contributed by atoms with E-state index in [1.165, 1.54) is 19.3 Å². The normalized spacial score (nSPS) is 38.9. The van der Waals surface area contributed by atoms with E-state index in [4.69, 9.17) is 14.2 Å². The van der Waals surface area contributed by atoms with Crippen LogP contribution in [0.3, 0.4) is 0 Å². The highest BCUT2D eigenvalue weighted by Crippen LogP contribution is 2.69. The molecule has 5 aliphatic rings. The summed E-state index contributed by atoms with van der Waals surface area (Å²) in [6.45, 7) is 10.8. The maximum Gasteiger partial charge on any atom is 0.230 e. The van der Waals surface area contributed by atoms with Crippen LogP contribution in [0.2, 0.25) is 5.21 Å². The third-order valence-corrected chi connectivity index (χ3v) is 12.4. The van der Waals surface area contributed by atoms with Crippen LogP contribution in [0.25, 0.3) is 0 Å². The number of nitrogens with one attached hydrogen (secondary N) is 1. The Hall–Kier alpha value is -2.35. The second-order valence-corrected chi connectivity index (χ2v) is 16.0. The highest BCUT2D eigenvalue weighted by molar-refractivity contribution is 6.56. The van der Waals surface area contributed by atoms with E-state index >= 15 is 0 Å². The molecule has 4 aliphatic carbocycles. The van der Waals surface area contributed by atoms with Crippen molar-refractivity contribution in [1.82, 2.24) is 0 Å². The number of fused-ring (bicyclic) bond motifs is 7. The van der Waals surface area contributed by atoms with Gasteiger partial charge in [-0.1, -0.05) is 77.2 Å². The summed E-state index contributed by atoms with van der Waals surface area (Å²) >= 11 is 0. The van der Waals surface area contributed by atoms with Crippen LogP contribution < -0.4 is 9.96 Å². The number of carbonyl (C=O) groups is 2. The Morgan fingerprint density at radius 1 is 1.22 bits per heavy atom. The Balaban J connectivity index is 1.20. The van der Waals surface area contributed by atoms with E-state index < -0.39 is 23.4 Å². The molecule has 0 radical (unpaired) electrons. The van der Waals surface area contributed by atoms with Gasteiger partial charge in [-0.25, -0.2) is 0 Å². The van der Waals surface area contributed by atoms with Crippen molar-refractivity contribution >= 4 is 32.5 Å². The van der Waals surface area contributed by atoms with Crippen molar-refractivity contribution < 1.29 is 28.9 Å². The van der Waals surface area contributed by atoms with E-state index in [1.54, 1.807) is 12.2 Å². The van der Waals surface area contributed by atoms with Gasteiger partial charge in [0, 0.05) is 22.4 Å². The number of benzene rings is 1. The quantitative estimate of drug-likeness (QED) is 0.294. The molecule has 46 heavy (non-hydrogen) atoms. The Labute approximate surface area is 277 Å². The van der Waals surface area contributed by atoms with Gasteiger partial charge in [0.2, 0.25) is 13.2 Å². The van der Waals surface area contributed by atoms with Gasteiger partial charge in [0.25, 0.3) is 0 Å². The van der Waals surface area contributed by atoms with Crippen LogP contribution in [-0.2, 0) is 19.1 Å². The van der Waals surface area contributed by atoms with Crippen molar-refractivity contribution in [1.29, 1.82) is 0 Å². The number of aliphatic hydroxyl groups is 1. The first-order chi connectivity index (χ1) is 21.9. The molecule has 0 bridgehead atoms. The number of hydrogen-bond acceptors (Lipinski definition) is 7. The number of allylic oxidation sites excluding steroid dienone is 4. The maximum atomic E-state index is 14.5. The van der Waals surface area contributed by atoms with Crippen LogP contribution >= 0.6 is 0 Å². The van der Waals surface area contributed by atoms with E-state index in [9.17, 15) is 14.7 Å². The lowest BCUT2D eigenvalue weighted by atomic mass is 9.46. The number of aliphatic hydroxyl groups excluding tert-OH is 1. The molecular formula is C37H53B2NO6. The molecule has 1 saturated heterocycles. The molecule has 3 saturated carbocycles. The molecule has 1 heterocycles. The van der Waals surface area contributed by atoms with E-state index in [0.717, 1.165) is 50.8 Å². The summed E-state index contributed by atoms with van der Waals surface area (Å²) in [5.74, 6) is 0.887. The summed E-state index contributed by atoms with van der Waals surface area (Å²) in [4.78, 5) is 26.7. The molecule has 10 atom stereocenters. The van der Waals surface area contributed by atoms with E-state index in [1.807, 2.05) is 30.3 Å². The van der Waals surface area contributed by atoms with Crippen LogP contribution in [0.1, 0.15) is 92.4 Å². The van der Waals surface area contributed by atoms with E-state index in [-0.39, 0.29) is 52.7 Å². The van der Waals surface area contributed by atoms with Gasteiger partial charge in [0.1, 0.15) is 20.2 Å². The fourth-order valence-corrected chi connectivity index (χ4v) is 10.0. The molecule has 0 amide bonds. The first kappa shape index (κ1) is 33.5. The molecule has 1 aromatic rings. The summed E-state index contributed by atoms with van der Waals surface area (Å²) in [7, 11) is 3.19. The molecule has 0 aromatic heterocycles. The molecule has 248 valence electrons. The number of ketones is 2. The molecule has 1 aromatic carbocycles. The van der Waals surface area contributed by atoms with Gasteiger partial charge < -0.3 is 24.5 Å². The zero-order chi connectivity index (χ0) is 32.9. The van der Waals surface area contributed by atoms with Crippen molar-refractivity contribution in [2.75, 3.05) is 11.8 Å². The van der Waals surface area contributed by atoms with Crippen LogP contribution in [0, 0.1) is 28.6 Å². The van der Waals surface area contributed by atoms with E-state index in [2.05, 4.69) is 47.7 Å². The Bertz CT molecular complexity index is 1380. The van der Waals surface area contributed by atoms with Crippen molar-refractivity contribution in [3.63, 3.8) is 0 Å². The second kappa shape index (κ2) is 12.6. The molecule has 9 heteroatoms. The van der Waals surface area contributed by atoms with Gasteiger partial charge >= 0.3 is 0 Å². The first-order valence-electron chi connectivity index (χ1n) is 17.8. The third-order valence-electron chi connectivity index (χ3n) is 12.4. The van der Waals surface area contributed by atoms with Gasteiger partial charge in [-0.3, -0.25) is 9.59 Å². The minimum absolute atomic E-state index is 0.0204. The Kier molecular flexibility index (Phi) is 9.18. The standard InChI is InChI=1S/C37H53B2NO6/c1-6-8-17-36(5,38)39-40-24-11-13-26(14-12-24)44-22-30(43)37-31(45-32(46-37)9-7-2)20-28-27-15-10-23-19-25(41)16-18-34(23,3)33(27)29(42)21-35(28,37)4/h11-14,16,18-19,27-29,31-33,39-40,42H,6-10,15,17,20-22,38H2,1-5H3/t27-,28-,29-,31+,32+,33+,34-,35-,36?,37+/m0/s1. The fourth-order valence-electron chi connectivity index (χ4n) is 10.0.